The predicted octanol–water partition coefficient (Wildman–Crippen LogP) is 0.414. The molecule has 0 aromatic heterocycles. The summed E-state index contributed by atoms with van der Waals surface area (Å²) in [5.41, 5.74) is 6.35. The Balaban J connectivity index is 2.98. The molecule has 0 saturated heterocycles. The minimum Gasteiger partial charge on any atom is -0.495 e. The molecule has 84 valence electrons. The molecule has 0 heterocycles. The van der Waals surface area contributed by atoms with Gasteiger partial charge in [0.25, 0.3) is 0 Å². The topological polar surface area (TPSA) is 72.6 Å². The molecule has 16 heavy (non-hydrogen) atoms. The Bertz CT molecular complexity index is 443. The van der Waals surface area contributed by atoms with E-state index in [0.717, 1.165) is 5.56 Å². The lowest BCUT2D eigenvalue weighted by atomic mass is 10.1. The van der Waals surface area contributed by atoms with Gasteiger partial charge in [-0.25, -0.2) is 0 Å². The number of rotatable bonds is 3. The number of hydrogen-bond donors (Lipinski definition) is 2. The molecule has 0 spiro atoms. The average Bonchev–Trinajstić information content (AvgIpc) is 2.28. The summed E-state index contributed by atoms with van der Waals surface area (Å²) in [6.07, 6.45) is 0.00646. The lowest BCUT2D eigenvalue weighted by Gasteiger charge is -2.04. The van der Waals surface area contributed by atoms with Gasteiger partial charge in [0.2, 0.25) is 5.91 Å². The van der Waals surface area contributed by atoms with Crippen molar-refractivity contribution in [1.29, 1.82) is 0 Å². The van der Waals surface area contributed by atoms with Gasteiger partial charge in [0.15, 0.2) is 0 Å². The molecule has 0 saturated carbocycles. The van der Waals surface area contributed by atoms with Crippen molar-refractivity contribution in [3.63, 3.8) is 0 Å². The molecule has 0 aliphatic carbocycles. The van der Waals surface area contributed by atoms with E-state index >= 15 is 0 Å². The predicted molar refractivity (Wildman–Crippen MR) is 59.6 cm³/mol. The first-order valence-corrected chi connectivity index (χ1v) is 4.72. The third kappa shape index (κ3) is 3.30. The summed E-state index contributed by atoms with van der Waals surface area (Å²) in [5.74, 6) is 5.56. The van der Waals surface area contributed by atoms with Gasteiger partial charge in [-0.05, 0) is 17.7 Å². The van der Waals surface area contributed by atoms with Crippen molar-refractivity contribution < 1.29 is 14.6 Å². The third-order valence-electron chi connectivity index (χ3n) is 1.93. The Kier molecular flexibility index (Phi) is 4.37. The molecule has 1 aromatic rings. The normalized spacial score (nSPS) is 9.12. The number of nitrogens with two attached hydrogens (primary N) is 1. The zero-order valence-corrected chi connectivity index (χ0v) is 8.99. The van der Waals surface area contributed by atoms with Gasteiger partial charge in [-0.15, -0.1) is 0 Å². The number of carbonyl (C=O) groups excluding carboxylic acids is 1. The zero-order chi connectivity index (χ0) is 12.0. The summed E-state index contributed by atoms with van der Waals surface area (Å²) in [6, 6.07) is 5.19. The van der Waals surface area contributed by atoms with E-state index in [0.29, 0.717) is 11.3 Å². The van der Waals surface area contributed by atoms with Gasteiger partial charge >= 0.3 is 0 Å². The van der Waals surface area contributed by atoms with E-state index in [9.17, 15) is 4.79 Å². The summed E-state index contributed by atoms with van der Waals surface area (Å²) in [5, 5.41) is 8.98. The summed E-state index contributed by atoms with van der Waals surface area (Å²) >= 11 is 0. The van der Waals surface area contributed by atoms with E-state index in [1.807, 2.05) is 0 Å². The van der Waals surface area contributed by atoms with Crippen molar-refractivity contribution in [2.24, 2.45) is 5.73 Å². The number of amides is 1. The monoisotopic (exact) mass is 219 g/mol. The van der Waals surface area contributed by atoms with Gasteiger partial charge in [-0.1, -0.05) is 17.9 Å². The Morgan fingerprint density at radius 1 is 1.56 bits per heavy atom. The van der Waals surface area contributed by atoms with Crippen molar-refractivity contribution in [1.82, 2.24) is 0 Å². The quantitative estimate of drug-likeness (QED) is 0.723. The molecular formula is C12H13NO3. The van der Waals surface area contributed by atoms with Crippen molar-refractivity contribution in [3.8, 4) is 17.6 Å². The second-order valence-electron chi connectivity index (χ2n) is 3.14. The number of hydrogen-bond acceptors (Lipinski definition) is 3. The molecular weight excluding hydrogens is 206 g/mol. The average molecular weight is 219 g/mol. The van der Waals surface area contributed by atoms with Crippen LogP contribution in [0.4, 0.5) is 0 Å². The molecule has 1 aromatic carbocycles. The fourth-order valence-corrected chi connectivity index (χ4v) is 1.18. The molecule has 0 atom stereocenters. The van der Waals surface area contributed by atoms with E-state index < -0.39 is 5.91 Å². The number of carbonyl (C=O) groups is 1. The maximum absolute atomic E-state index is 10.5. The highest BCUT2D eigenvalue weighted by Gasteiger charge is 2.01. The minimum absolute atomic E-state index is 0.00646. The lowest BCUT2D eigenvalue weighted by Crippen LogP contribution is -2.08. The number of benzene rings is 1. The Labute approximate surface area is 94.0 Å². The molecule has 1 amide bonds. The summed E-state index contributed by atoms with van der Waals surface area (Å²) < 4.78 is 5.10. The molecule has 4 heteroatoms. The summed E-state index contributed by atoms with van der Waals surface area (Å²) in [7, 11) is 1.53. The maximum atomic E-state index is 10.5. The molecule has 1 rings (SSSR count). The molecule has 0 unspecified atom stereocenters. The summed E-state index contributed by atoms with van der Waals surface area (Å²) in [6.45, 7) is -0.0610. The fourth-order valence-electron chi connectivity index (χ4n) is 1.18. The van der Waals surface area contributed by atoms with E-state index in [2.05, 4.69) is 11.8 Å². The zero-order valence-electron chi connectivity index (χ0n) is 8.99. The van der Waals surface area contributed by atoms with Gasteiger partial charge in [0.05, 0.1) is 25.7 Å². The second-order valence-corrected chi connectivity index (χ2v) is 3.14. The first-order valence-electron chi connectivity index (χ1n) is 4.72. The van der Waals surface area contributed by atoms with E-state index in [1.54, 1.807) is 18.2 Å². The molecule has 0 radical (unpaired) electrons. The maximum Gasteiger partial charge on any atom is 0.229 e. The smallest absolute Gasteiger partial charge is 0.229 e. The van der Waals surface area contributed by atoms with E-state index in [1.165, 1.54) is 7.11 Å². The Morgan fingerprint density at radius 3 is 2.88 bits per heavy atom. The van der Waals surface area contributed by atoms with Crippen LogP contribution in [0.1, 0.15) is 17.5 Å². The number of aliphatic hydroxyl groups is 1. The van der Waals surface area contributed by atoms with Crippen molar-refractivity contribution in [2.75, 3.05) is 7.11 Å². The van der Waals surface area contributed by atoms with Crippen LogP contribution in [-0.4, -0.2) is 18.1 Å². The molecule has 0 aliphatic rings. The van der Waals surface area contributed by atoms with Crippen molar-refractivity contribution in [3.05, 3.63) is 29.3 Å². The first-order chi connectivity index (χ1) is 7.67. The van der Waals surface area contributed by atoms with Crippen LogP contribution >= 0.6 is 0 Å². The number of aliphatic hydroxyl groups excluding tert-OH is 1. The molecule has 0 aliphatic heterocycles. The van der Waals surface area contributed by atoms with Crippen molar-refractivity contribution >= 4 is 5.91 Å². The Hall–Kier alpha value is -1.99. The minimum atomic E-state index is -0.468. The largest absolute Gasteiger partial charge is 0.495 e. The van der Waals surface area contributed by atoms with Crippen LogP contribution in [0.2, 0.25) is 0 Å². The van der Waals surface area contributed by atoms with Gasteiger partial charge in [0.1, 0.15) is 5.75 Å². The fraction of sp³-hybridized carbons (Fsp3) is 0.250. The van der Waals surface area contributed by atoms with Gasteiger partial charge in [-0.3, -0.25) is 4.79 Å². The van der Waals surface area contributed by atoms with Crippen LogP contribution in [0, 0.1) is 11.8 Å². The molecule has 0 bridgehead atoms. The highest BCUT2D eigenvalue weighted by molar-refractivity contribution is 5.76. The molecule has 0 fully saturated rings. The standard InChI is InChI=1S/C12H13NO3/c1-16-11-6-5-9(8-14)7-10(11)3-2-4-12(13)15/h5-7,14H,4,8H2,1H3,(H2,13,15). The number of primary amides is 1. The SMILES string of the molecule is COc1ccc(CO)cc1C#CCC(N)=O. The van der Waals surface area contributed by atoms with Crippen LogP contribution in [-0.2, 0) is 11.4 Å². The van der Waals surface area contributed by atoms with Gasteiger partial charge < -0.3 is 15.6 Å². The Morgan fingerprint density at radius 2 is 2.31 bits per heavy atom. The van der Waals surface area contributed by atoms with Crippen LogP contribution in [0.5, 0.6) is 5.75 Å². The molecule has 3 N–H and O–H groups in total. The lowest BCUT2D eigenvalue weighted by molar-refractivity contribution is -0.117. The highest BCUT2D eigenvalue weighted by atomic mass is 16.5. The number of ether oxygens (including phenoxy) is 1. The first kappa shape index (κ1) is 12.1. The molecule has 4 nitrogen and oxygen atoms in total. The number of methoxy groups -OCH3 is 1. The van der Waals surface area contributed by atoms with Crippen LogP contribution in [0.15, 0.2) is 18.2 Å². The van der Waals surface area contributed by atoms with Crippen LogP contribution in [0.3, 0.4) is 0 Å². The second kappa shape index (κ2) is 5.79. The van der Waals surface area contributed by atoms with E-state index in [-0.39, 0.29) is 13.0 Å². The van der Waals surface area contributed by atoms with Crippen LogP contribution < -0.4 is 10.5 Å². The van der Waals surface area contributed by atoms with Gasteiger partial charge in [-0.2, -0.15) is 0 Å². The van der Waals surface area contributed by atoms with Crippen LogP contribution in [0.25, 0.3) is 0 Å². The highest BCUT2D eigenvalue weighted by Crippen LogP contribution is 2.18. The van der Waals surface area contributed by atoms with Gasteiger partial charge in [0, 0.05) is 0 Å². The summed E-state index contributed by atoms with van der Waals surface area (Å²) in [4.78, 5) is 10.5. The van der Waals surface area contributed by atoms with E-state index in [4.69, 9.17) is 15.6 Å². The third-order valence-corrected chi connectivity index (χ3v) is 1.93. The van der Waals surface area contributed by atoms with Crippen molar-refractivity contribution in [2.45, 2.75) is 13.0 Å².